The molecule has 2 aromatic rings. The molecule has 0 amide bonds. The maximum absolute atomic E-state index is 12.0. The van der Waals surface area contributed by atoms with Gasteiger partial charge < -0.3 is 18.5 Å². The fourth-order valence-electron chi connectivity index (χ4n) is 1.82. The van der Waals surface area contributed by atoms with Crippen molar-refractivity contribution in [1.29, 1.82) is 0 Å². The first-order valence-electron chi connectivity index (χ1n) is 6.93. The van der Waals surface area contributed by atoms with Crippen molar-refractivity contribution in [3.05, 3.63) is 59.7 Å². The molecule has 8 nitrogen and oxygen atoms in total. The number of ether oxygens (including phenoxy) is 2. The Bertz CT molecular complexity index is 732. The van der Waals surface area contributed by atoms with Gasteiger partial charge in [0.1, 0.15) is 11.5 Å². The largest absolute Gasteiger partial charge is 0.584 e. The summed E-state index contributed by atoms with van der Waals surface area (Å²) in [7, 11) is -1.97. The number of esters is 2. The van der Waals surface area contributed by atoms with Crippen LogP contribution in [-0.2, 0) is 14.0 Å². The topological polar surface area (TPSA) is 108 Å². The van der Waals surface area contributed by atoms with Crippen LogP contribution < -0.4 is 9.05 Å². The van der Waals surface area contributed by atoms with E-state index in [-0.39, 0.29) is 22.6 Å². The van der Waals surface area contributed by atoms with Crippen LogP contribution in [0.4, 0.5) is 0 Å². The van der Waals surface area contributed by atoms with E-state index in [2.05, 4.69) is 9.47 Å². The number of rotatable bonds is 6. The first kappa shape index (κ1) is 18.5. The lowest BCUT2D eigenvalue weighted by atomic mass is 10.2. The number of carbonyl (C=O) groups is 2. The van der Waals surface area contributed by atoms with Crippen molar-refractivity contribution >= 4 is 19.8 Å². The summed E-state index contributed by atoms with van der Waals surface area (Å²) in [6.07, 6.45) is 0. The van der Waals surface area contributed by atoms with Gasteiger partial charge in [0.15, 0.2) is 0 Å². The number of hydrogen-bond donors (Lipinski definition) is 1. The van der Waals surface area contributed by atoms with Crippen LogP contribution in [0.15, 0.2) is 48.5 Å². The zero-order chi connectivity index (χ0) is 18.4. The molecule has 0 spiro atoms. The summed E-state index contributed by atoms with van der Waals surface area (Å²) in [4.78, 5) is 32.4. The van der Waals surface area contributed by atoms with Crippen LogP contribution in [0.2, 0.25) is 0 Å². The van der Waals surface area contributed by atoms with Crippen LogP contribution in [0.1, 0.15) is 20.7 Å². The third kappa shape index (κ3) is 5.07. The Morgan fingerprint density at radius 3 is 1.36 bits per heavy atom. The first-order chi connectivity index (χ1) is 11.8. The van der Waals surface area contributed by atoms with Crippen molar-refractivity contribution in [2.75, 3.05) is 14.2 Å². The SMILES string of the molecule is COC(=O)c1ccc(OP(=O)(O)Oc2ccc(C(=O)OC)cc2)cc1. The fraction of sp³-hybridized carbons (Fsp3) is 0.125. The maximum Gasteiger partial charge on any atom is 0.584 e. The van der Waals surface area contributed by atoms with Crippen LogP contribution in [0.25, 0.3) is 0 Å². The van der Waals surface area contributed by atoms with Crippen molar-refractivity contribution in [2.24, 2.45) is 0 Å². The second kappa shape index (κ2) is 7.83. The molecule has 0 aliphatic rings. The first-order valence-corrected chi connectivity index (χ1v) is 8.43. The molecule has 0 heterocycles. The number of hydrogen-bond acceptors (Lipinski definition) is 7. The zero-order valence-corrected chi connectivity index (χ0v) is 14.3. The second-order valence-electron chi connectivity index (χ2n) is 4.68. The van der Waals surface area contributed by atoms with Gasteiger partial charge in [-0.2, -0.15) is 0 Å². The molecule has 2 aromatic carbocycles. The van der Waals surface area contributed by atoms with Gasteiger partial charge in [-0.05, 0) is 48.5 Å². The molecule has 0 aromatic heterocycles. The van der Waals surface area contributed by atoms with Gasteiger partial charge in [-0.25, -0.2) is 14.2 Å². The molecule has 0 bridgehead atoms. The molecule has 0 unspecified atom stereocenters. The van der Waals surface area contributed by atoms with Gasteiger partial charge >= 0.3 is 19.8 Å². The van der Waals surface area contributed by atoms with E-state index in [1.807, 2.05) is 0 Å². The third-order valence-electron chi connectivity index (χ3n) is 2.99. The Morgan fingerprint density at radius 2 is 1.08 bits per heavy atom. The lowest BCUT2D eigenvalue weighted by Crippen LogP contribution is -2.03. The Kier molecular flexibility index (Phi) is 5.80. The van der Waals surface area contributed by atoms with Crippen molar-refractivity contribution in [3.8, 4) is 11.5 Å². The highest BCUT2D eigenvalue weighted by atomic mass is 31.2. The van der Waals surface area contributed by atoms with Crippen molar-refractivity contribution < 1.29 is 37.6 Å². The number of carbonyl (C=O) groups excluding carboxylic acids is 2. The molecular formula is C16H15O8P. The highest BCUT2D eigenvalue weighted by Gasteiger charge is 2.25. The molecule has 0 atom stereocenters. The monoisotopic (exact) mass is 366 g/mol. The minimum absolute atomic E-state index is 0.0321. The average Bonchev–Trinajstić information content (AvgIpc) is 2.61. The lowest BCUT2D eigenvalue weighted by Gasteiger charge is -2.14. The summed E-state index contributed by atoms with van der Waals surface area (Å²) >= 11 is 0. The average molecular weight is 366 g/mol. The van der Waals surface area contributed by atoms with E-state index >= 15 is 0 Å². The number of benzene rings is 2. The number of methoxy groups -OCH3 is 2. The number of phosphoric ester groups is 1. The molecule has 0 saturated carbocycles. The smallest absolute Gasteiger partial charge is 0.465 e. The molecule has 9 heteroatoms. The Hall–Kier alpha value is -2.83. The van der Waals surface area contributed by atoms with Crippen LogP contribution >= 0.6 is 7.82 Å². The van der Waals surface area contributed by atoms with E-state index in [0.717, 1.165) is 0 Å². The van der Waals surface area contributed by atoms with Crippen LogP contribution in [0.5, 0.6) is 11.5 Å². The molecule has 0 aliphatic heterocycles. The molecular weight excluding hydrogens is 351 g/mol. The van der Waals surface area contributed by atoms with Crippen molar-refractivity contribution in [2.45, 2.75) is 0 Å². The zero-order valence-electron chi connectivity index (χ0n) is 13.4. The van der Waals surface area contributed by atoms with Gasteiger partial charge in [-0.3, -0.25) is 4.89 Å². The van der Waals surface area contributed by atoms with Gasteiger partial charge in [-0.1, -0.05) is 0 Å². The predicted octanol–water partition coefficient (Wildman–Crippen LogP) is 2.82. The Morgan fingerprint density at radius 1 is 0.760 bits per heavy atom. The van der Waals surface area contributed by atoms with E-state index < -0.39 is 19.8 Å². The van der Waals surface area contributed by atoms with E-state index in [1.54, 1.807) is 0 Å². The van der Waals surface area contributed by atoms with Gasteiger partial charge in [0.2, 0.25) is 0 Å². The van der Waals surface area contributed by atoms with E-state index in [9.17, 15) is 19.0 Å². The quantitative estimate of drug-likeness (QED) is 0.614. The summed E-state index contributed by atoms with van der Waals surface area (Å²) in [6.45, 7) is 0. The second-order valence-corrected chi connectivity index (χ2v) is 5.99. The summed E-state index contributed by atoms with van der Waals surface area (Å²) < 4.78 is 31.0. The summed E-state index contributed by atoms with van der Waals surface area (Å²) in [5.74, 6) is -1.02. The highest BCUT2D eigenvalue weighted by Crippen LogP contribution is 2.44. The highest BCUT2D eigenvalue weighted by molar-refractivity contribution is 7.48. The molecule has 0 radical (unpaired) electrons. The Balaban J connectivity index is 2.05. The van der Waals surface area contributed by atoms with E-state index in [0.29, 0.717) is 0 Å². The van der Waals surface area contributed by atoms with Crippen LogP contribution in [-0.4, -0.2) is 31.1 Å². The molecule has 1 N–H and O–H groups in total. The van der Waals surface area contributed by atoms with Crippen molar-refractivity contribution in [1.82, 2.24) is 0 Å². The van der Waals surface area contributed by atoms with E-state index in [1.165, 1.54) is 62.8 Å². The van der Waals surface area contributed by atoms with Crippen molar-refractivity contribution in [3.63, 3.8) is 0 Å². The maximum atomic E-state index is 12.0. The molecule has 2 rings (SSSR count). The molecule has 0 fully saturated rings. The van der Waals surface area contributed by atoms with Gasteiger partial charge in [0.25, 0.3) is 0 Å². The summed E-state index contributed by atoms with van der Waals surface area (Å²) in [5.41, 5.74) is 0.531. The molecule has 0 saturated heterocycles. The minimum Gasteiger partial charge on any atom is -0.465 e. The van der Waals surface area contributed by atoms with Gasteiger partial charge in [-0.15, -0.1) is 0 Å². The van der Waals surface area contributed by atoms with E-state index in [4.69, 9.17) is 9.05 Å². The fourth-order valence-corrected chi connectivity index (χ4v) is 2.64. The lowest BCUT2D eigenvalue weighted by molar-refractivity contribution is 0.0592. The minimum atomic E-state index is -4.46. The standard InChI is InChI=1S/C16H15O8P/c1-21-15(17)11-3-7-13(8-4-11)23-25(19,20)24-14-9-5-12(6-10-14)16(18)22-2/h3-10H,1-2H3,(H,19,20). The normalized spacial score (nSPS) is 10.7. The Labute approximate surface area is 143 Å². The number of phosphoric acid groups is 1. The summed E-state index contributed by atoms with van der Waals surface area (Å²) in [5, 5.41) is 0. The molecule has 25 heavy (non-hydrogen) atoms. The predicted molar refractivity (Wildman–Crippen MR) is 86.6 cm³/mol. The van der Waals surface area contributed by atoms with Gasteiger partial charge in [0.05, 0.1) is 25.3 Å². The third-order valence-corrected chi connectivity index (χ3v) is 3.88. The molecule has 0 aliphatic carbocycles. The summed E-state index contributed by atoms with van der Waals surface area (Å²) in [6, 6.07) is 10.9. The molecule has 132 valence electrons. The van der Waals surface area contributed by atoms with Crippen LogP contribution in [0, 0.1) is 0 Å². The van der Waals surface area contributed by atoms with Gasteiger partial charge in [0, 0.05) is 0 Å². The van der Waals surface area contributed by atoms with Crippen LogP contribution in [0.3, 0.4) is 0 Å².